The molecule has 0 bridgehead atoms. The van der Waals surface area contributed by atoms with Crippen molar-refractivity contribution in [3.63, 3.8) is 0 Å². The Balaban J connectivity index is 1.75. The Kier molecular flexibility index (Phi) is 4.07. The number of aryl methyl sites for hydroxylation is 1. The maximum Gasteiger partial charge on any atom is 0.573 e. The summed E-state index contributed by atoms with van der Waals surface area (Å²) in [5.41, 5.74) is 3.50. The normalized spacial score (nSPS) is 11.7. The van der Waals surface area contributed by atoms with E-state index >= 15 is 0 Å². The number of halogens is 3. The fourth-order valence-electron chi connectivity index (χ4n) is 2.94. The van der Waals surface area contributed by atoms with Gasteiger partial charge in [-0.2, -0.15) is 5.10 Å². The summed E-state index contributed by atoms with van der Waals surface area (Å²) in [6, 6.07) is 15.6. The topological polar surface area (TPSA) is 39.9 Å². The van der Waals surface area contributed by atoms with Crippen LogP contribution in [-0.2, 0) is 0 Å². The van der Waals surface area contributed by atoms with Gasteiger partial charge in [-0.15, -0.1) is 13.2 Å². The summed E-state index contributed by atoms with van der Waals surface area (Å²) in [5, 5.41) is 5.25. The molecule has 0 spiro atoms. The predicted octanol–water partition coefficient (Wildman–Crippen LogP) is 5.29. The maximum atomic E-state index is 12.6. The molecule has 0 radical (unpaired) electrons. The van der Waals surface area contributed by atoms with Crippen molar-refractivity contribution in [1.29, 1.82) is 0 Å². The van der Waals surface area contributed by atoms with Crippen molar-refractivity contribution in [3.8, 4) is 22.7 Å². The van der Waals surface area contributed by atoms with E-state index in [1.807, 2.05) is 37.3 Å². The second-order valence-electron chi connectivity index (χ2n) is 6.03. The molecule has 27 heavy (non-hydrogen) atoms. The standard InChI is InChI=1S/C20H14F3N3O/c1-13-10-17(25-16-7-3-2-6-15(13)16)14-11-24-26(12-14)18-8-4-5-9-19(18)27-20(21,22)23/h2-12H,1H3. The van der Waals surface area contributed by atoms with Crippen molar-refractivity contribution >= 4 is 10.9 Å². The molecule has 0 saturated carbocycles. The minimum Gasteiger partial charge on any atom is -0.403 e. The average Bonchev–Trinajstić information content (AvgIpc) is 3.11. The number of hydrogen-bond acceptors (Lipinski definition) is 3. The minimum absolute atomic E-state index is 0.193. The van der Waals surface area contributed by atoms with Crippen molar-refractivity contribution < 1.29 is 17.9 Å². The van der Waals surface area contributed by atoms with E-state index in [0.29, 0.717) is 11.3 Å². The summed E-state index contributed by atoms with van der Waals surface area (Å²) in [6.07, 6.45) is -1.57. The van der Waals surface area contributed by atoms with Gasteiger partial charge in [0.2, 0.25) is 0 Å². The molecule has 2 aromatic carbocycles. The third-order valence-corrected chi connectivity index (χ3v) is 4.14. The predicted molar refractivity (Wildman–Crippen MR) is 95.7 cm³/mol. The van der Waals surface area contributed by atoms with Crippen LogP contribution in [-0.4, -0.2) is 21.1 Å². The zero-order valence-electron chi connectivity index (χ0n) is 14.2. The van der Waals surface area contributed by atoms with E-state index in [2.05, 4.69) is 14.8 Å². The Morgan fingerprint density at radius 1 is 1.00 bits per heavy atom. The zero-order valence-corrected chi connectivity index (χ0v) is 14.2. The van der Waals surface area contributed by atoms with Gasteiger partial charge in [0, 0.05) is 17.1 Å². The average molecular weight is 369 g/mol. The molecule has 0 aliphatic rings. The highest BCUT2D eigenvalue weighted by Gasteiger charge is 2.32. The molecule has 0 amide bonds. The highest BCUT2D eigenvalue weighted by Crippen LogP contribution is 2.30. The molecule has 4 aromatic rings. The molecule has 136 valence electrons. The SMILES string of the molecule is Cc1cc(-c2cnn(-c3ccccc3OC(F)(F)F)c2)nc2ccccc12. The summed E-state index contributed by atoms with van der Waals surface area (Å²) in [5.74, 6) is -0.317. The molecule has 0 aliphatic carbocycles. The van der Waals surface area contributed by atoms with E-state index in [4.69, 9.17) is 0 Å². The van der Waals surface area contributed by atoms with Gasteiger partial charge in [-0.05, 0) is 36.8 Å². The molecule has 0 atom stereocenters. The van der Waals surface area contributed by atoms with E-state index in [0.717, 1.165) is 16.5 Å². The number of nitrogens with zero attached hydrogens (tertiary/aromatic N) is 3. The van der Waals surface area contributed by atoms with Crippen LogP contribution in [0.15, 0.2) is 67.0 Å². The molecule has 0 N–H and O–H groups in total. The molecule has 0 fully saturated rings. The molecule has 0 saturated heterocycles. The van der Waals surface area contributed by atoms with E-state index in [1.54, 1.807) is 18.5 Å². The monoisotopic (exact) mass is 369 g/mol. The van der Waals surface area contributed by atoms with Gasteiger partial charge < -0.3 is 4.74 Å². The Bertz CT molecular complexity index is 1120. The molecular formula is C20H14F3N3O. The van der Waals surface area contributed by atoms with Crippen molar-refractivity contribution in [1.82, 2.24) is 14.8 Å². The summed E-state index contributed by atoms with van der Waals surface area (Å²) >= 11 is 0. The van der Waals surface area contributed by atoms with Crippen molar-refractivity contribution in [2.24, 2.45) is 0 Å². The number of alkyl halides is 3. The molecule has 7 heteroatoms. The van der Waals surface area contributed by atoms with E-state index in [1.165, 1.54) is 22.9 Å². The van der Waals surface area contributed by atoms with Crippen LogP contribution in [0.5, 0.6) is 5.75 Å². The number of benzene rings is 2. The van der Waals surface area contributed by atoms with Crippen LogP contribution in [0.25, 0.3) is 27.8 Å². The lowest BCUT2D eigenvalue weighted by molar-refractivity contribution is -0.274. The van der Waals surface area contributed by atoms with Crippen molar-refractivity contribution in [2.45, 2.75) is 13.3 Å². The van der Waals surface area contributed by atoms with Crippen LogP contribution in [0, 0.1) is 6.92 Å². The fraction of sp³-hybridized carbons (Fsp3) is 0.100. The van der Waals surface area contributed by atoms with Crippen molar-refractivity contribution in [3.05, 3.63) is 72.6 Å². The maximum absolute atomic E-state index is 12.6. The van der Waals surface area contributed by atoms with Gasteiger partial charge in [0.1, 0.15) is 5.69 Å². The van der Waals surface area contributed by atoms with Crippen LogP contribution < -0.4 is 4.74 Å². The van der Waals surface area contributed by atoms with Gasteiger partial charge in [0.05, 0.1) is 17.4 Å². The van der Waals surface area contributed by atoms with E-state index < -0.39 is 6.36 Å². The first-order chi connectivity index (χ1) is 12.9. The quantitative estimate of drug-likeness (QED) is 0.492. The second kappa shape index (κ2) is 6.42. The van der Waals surface area contributed by atoms with E-state index in [9.17, 15) is 13.2 Å². The first-order valence-corrected chi connectivity index (χ1v) is 8.17. The van der Waals surface area contributed by atoms with E-state index in [-0.39, 0.29) is 11.4 Å². The summed E-state index contributed by atoms with van der Waals surface area (Å²) in [4.78, 5) is 4.63. The Morgan fingerprint density at radius 2 is 1.74 bits per heavy atom. The van der Waals surface area contributed by atoms with Crippen LogP contribution >= 0.6 is 0 Å². The lowest BCUT2D eigenvalue weighted by atomic mass is 10.1. The van der Waals surface area contributed by atoms with Gasteiger partial charge in [-0.3, -0.25) is 0 Å². The molecule has 4 rings (SSSR count). The summed E-state index contributed by atoms with van der Waals surface area (Å²) < 4.78 is 43.4. The Hall–Kier alpha value is -3.35. The number of pyridine rings is 1. The summed E-state index contributed by atoms with van der Waals surface area (Å²) in [6.45, 7) is 1.99. The lowest BCUT2D eigenvalue weighted by Crippen LogP contribution is -2.18. The highest BCUT2D eigenvalue weighted by molar-refractivity contribution is 5.84. The number of hydrogen-bond donors (Lipinski definition) is 0. The zero-order chi connectivity index (χ0) is 19.0. The largest absolute Gasteiger partial charge is 0.573 e. The second-order valence-corrected chi connectivity index (χ2v) is 6.03. The fourth-order valence-corrected chi connectivity index (χ4v) is 2.94. The first kappa shape index (κ1) is 17.1. The molecule has 0 aliphatic heterocycles. The number of aromatic nitrogens is 3. The smallest absolute Gasteiger partial charge is 0.403 e. The van der Waals surface area contributed by atoms with Gasteiger partial charge in [0.15, 0.2) is 5.75 Å². The third kappa shape index (κ3) is 3.48. The number of fused-ring (bicyclic) bond motifs is 1. The molecule has 2 aromatic heterocycles. The molecule has 2 heterocycles. The first-order valence-electron chi connectivity index (χ1n) is 8.17. The van der Waals surface area contributed by atoms with Gasteiger partial charge in [0.25, 0.3) is 0 Å². The number of ether oxygens (including phenoxy) is 1. The highest BCUT2D eigenvalue weighted by atomic mass is 19.4. The Morgan fingerprint density at radius 3 is 2.56 bits per heavy atom. The molecule has 4 nitrogen and oxygen atoms in total. The van der Waals surface area contributed by atoms with Crippen LogP contribution in [0.3, 0.4) is 0 Å². The van der Waals surface area contributed by atoms with Gasteiger partial charge >= 0.3 is 6.36 Å². The molecule has 0 unspecified atom stereocenters. The summed E-state index contributed by atoms with van der Waals surface area (Å²) in [7, 11) is 0. The minimum atomic E-state index is -4.77. The van der Waals surface area contributed by atoms with Gasteiger partial charge in [-0.25, -0.2) is 9.67 Å². The number of rotatable bonds is 3. The third-order valence-electron chi connectivity index (χ3n) is 4.14. The molecular weight excluding hydrogens is 355 g/mol. The van der Waals surface area contributed by atoms with Crippen LogP contribution in [0.4, 0.5) is 13.2 Å². The number of para-hydroxylation sites is 3. The van der Waals surface area contributed by atoms with Crippen molar-refractivity contribution in [2.75, 3.05) is 0 Å². The Labute approximate surface area is 152 Å². The van der Waals surface area contributed by atoms with Gasteiger partial charge in [-0.1, -0.05) is 30.3 Å². The lowest BCUT2D eigenvalue weighted by Gasteiger charge is -2.12. The van der Waals surface area contributed by atoms with Crippen LogP contribution in [0.2, 0.25) is 0 Å². The van der Waals surface area contributed by atoms with Crippen LogP contribution in [0.1, 0.15) is 5.56 Å².